The van der Waals surface area contributed by atoms with E-state index >= 15 is 0 Å². The summed E-state index contributed by atoms with van der Waals surface area (Å²) in [5.41, 5.74) is 1.16. The Morgan fingerprint density at radius 1 is 1.24 bits per heavy atom. The molecule has 0 aliphatic rings. The second kappa shape index (κ2) is 5.25. The van der Waals surface area contributed by atoms with E-state index in [1.54, 1.807) is 12.1 Å². The number of halogens is 1. The van der Waals surface area contributed by atoms with Crippen molar-refractivity contribution in [2.45, 2.75) is 13.0 Å². The molecule has 1 atom stereocenters. The fraction of sp³-hybridized carbons (Fsp3) is 0.231. The first-order valence-electron chi connectivity index (χ1n) is 5.28. The zero-order valence-corrected chi connectivity index (χ0v) is 10.1. The van der Waals surface area contributed by atoms with Crippen LogP contribution in [0.25, 0.3) is 0 Å². The highest BCUT2D eigenvalue weighted by Crippen LogP contribution is 2.21. The summed E-state index contributed by atoms with van der Waals surface area (Å²) in [6, 6.07) is 10.8. The summed E-state index contributed by atoms with van der Waals surface area (Å²) in [6.07, 6.45) is -0.816. The first kappa shape index (κ1) is 12.0. The van der Waals surface area contributed by atoms with Gasteiger partial charge in [-0.1, -0.05) is 17.7 Å². The van der Waals surface area contributed by atoms with E-state index in [0.717, 1.165) is 5.56 Å². The SMILES string of the molecule is Cc1ccc(OCC(O)c2ccc(Cl)o2)cc1. The van der Waals surface area contributed by atoms with Crippen molar-refractivity contribution in [3.63, 3.8) is 0 Å². The molecule has 17 heavy (non-hydrogen) atoms. The van der Waals surface area contributed by atoms with E-state index in [-0.39, 0.29) is 11.8 Å². The second-order valence-corrected chi connectivity index (χ2v) is 4.15. The van der Waals surface area contributed by atoms with Crippen LogP contribution < -0.4 is 4.74 Å². The molecule has 0 radical (unpaired) electrons. The van der Waals surface area contributed by atoms with Gasteiger partial charge in [-0.3, -0.25) is 0 Å². The summed E-state index contributed by atoms with van der Waals surface area (Å²) < 4.78 is 10.5. The third-order valence-corrected chi connectivity index (χ3v) is 2.55. The average molecular weight is 253 g/mol. The minimum Gasteiger partial charge on any atom is -0.490 e. The molecule has 1 N–H and O–H groups in total. The largest absolute Gasteiger partial charge is 0.490 e. The number of aliphatic hydroxyl groups excluding tert-OH is 1. The van der Waals surface area contributed by atoms with E-state index in [0.29, 0.717) is 11.5 Å². The summed E-state index contributed by atoms with van der Waals surface area (Å²) in [4.78, 5) is 0. The molecule has 0 fully saturated rings. The van der Waals surface area contributed by atoms with Crippen LogP contribution in [0, 0.1) is 6.92 Å². The summed E-state index contributed by atoms with van der Waals surface area (Å²) in [5, 5.41) is 10.0. The molecule has 0 bridgehead atoms. The second-order valence-electron chi connectivity index (χ2n) is 3.78. The van der Waals surface area contributed by atoms with Crippen LogP contribution in [0.5, 0.6) is 5.75 Å². The molecule has 1 heterocycles. The highest BCUT2D eigenvalue weighted by Gasteiger charge is 2.12. The molecule has 1 unspecified atom stereocenters. The lowest BCUT2D eigenvalue weighted by atomic mass is 10.2. The van der Waals surface area contributed by atoms with Gasteiger partial charge in [0.15, 0.2) is 5.22 Å². The lowest BCUT2D eigenvalue weighted by Gasteiger charge is -2.10. The Hall–Kier alpha value is -1.45. The van der Waals surface area contributed by atoms with Gasteiger partial charge in [-0.15, -0.1) is 0 Å². The fourth-order valence-electron chi connectivity index (χ4n) is 1.40. The lowest BCUT2D eigenvalue weighted by Crippen LogP contribution is -2.08. The molecule has 0 aliphatic carbocycles. The van der Waals surface area contributed by atoms with Crippen molar-refractivity contribution in [2.24, 2.45) is 0 Å². The van der Waals surface area contributed by atoms with Crippen molar-refractivity contribution in [3.05, 3.63) is 52.9 Å². The standard InChI is InChI=1S/C13H13ClO3/c1-9-2-4-10(5-3-9)16-8-11(15)12-6-7-13(14)17-12/h2-7,11,15H,8H2,1H3. The highest BCUT2D eigenvalue weighted by molar-refractivity contribution is 6.28. The number of aliphatic hydroxyl groups is 1. The number of ether oxygens (including phenoxy) is 1. The van der Waals surface area contributed by atoms with Gasteiger partial charge >= 0.3 is 0 Å². The molecule has 2 aromatic rings. The van der Waals surface area contributed by atoms with Crippen LogP contribution in [0.15, 0.2) is 40.8 Å². The van der Waals surface area contributed by atoms with E-state index in [9.17, 15) is 5.11 Å². The number of rotatable bonds is 4. The van der Waals surface area contributed by atoms with Crippen LogP contribution in [0.3, 0.4) is 0 Å². The molecule has 2 rings (SSSR count). The summed E-state index contributed by atoms with van der Waals surface area (Å²) >= 11 is 5.62. The van der Waals surface area contributed by atoms with Crippen molar-refractivity contribution in [1.82, 2.24) is 0 Å². The summed E-state index contributed by atoms with van der Waals surface area (Å²) in [5.74, 6) is 1.12. The number of aryl methyl sites for hydroxylation is 1. The summed E-state index contributed by atoms with van der Waals surface area (Å²) in [7, 11) is 0. The number of hydrogen-bond donors (Lipinski definition) is 1. The van der Waals surface area contributed by atoms with Crippen molar-refractivity contribution in [3.8, 4) is 5.75 Å². The fourth-order valence-corrected chi connectivity index (χ4v) is 1.55. The molecular weight excluding hydrogens is 240 g/mol. The molecule has 1 aromatic carbocycles. The van der Waals surface area contributed by atoms with Crippen LogP contribution in [-0.2, 0) is 0 Å². The third kappa shape index (κ3) is 3.25. The maximum atomic E-state index is 9.77. The van der Waals surface area contributed by atoms with Gasteiger partial charge in [-0.2, -0.15) is 0 Å². The first-order chi connectivity index (χ1) is 8.15. The third-order valence-electron chi connectivity index (χ3n) is 2.35. The Morgan fingerprint density at radius 2 is 1.94 bits per heavy atom. The van der Waals surface area contributed by atoms with Crippen LogP contribution in [0.4, 0.5) is 0 Å². The summed E-state index contributed by atoms with van der Waals surface area (Å²) in [6.45, 7) is 2.14. The predicted octanol–water partition coefficient (Wildman–Crippen LogP) is 3.35. The van der Waals surface area contributed by atoms with Crippen LogP contribution >= 0.6 is 11.6 Å². The minimum absolute atomic E-state index is 0.132. The zero-order valence-electron chi connectivity index (χ0n) is 9.39. The van der Waals surface area contributed by atoms with Gasteiger partial charge in [-0.25, -0.2) is 0 Å². The zero-order chi connectivity index (χ0) is 12.3. The Bertz CT molecular complexity index is 476. The highest BCUT2D eigenvalue weighted by atomic mass is 35.5. The van der Waals surface area contributed by atoms with Gasteiger partial charge in [0, 0.05) is 0 Å². The van der Waals surface area contributed by atoms with Crippen molar-refractivity contribution in [2.75, 3.05) is 6.61 Å². The van der Waals surface area contributed by atoms with Gasteiger partial charge < -0.3 is 14.3 Å². The number of furan rings is 1. The first-order valence-corrected chi connectivity index (χ1v) is 5.66. The molecule has 90 valence electrons. The van der Waals surface area contributed by atoms with Crippen LogP contribution in [-0.4, -0.2) is 11.7 Å². The number of benzene rings is 1. The topological polar surface area (TPSA) is 42.6 Å². The molecule has 0 amide bonds. The van der Waals surface area contributed by atoms with E-state index in [4.69, 9.17) is 20.8 Å². The molecule has 3 nitrogen and oxygen atoms in total. The minimum atomic E-state index is -0.816. The average Bonchev–Trinajstić information content (AvgIpc) is 2.75. The van der Waals surface area contributed by atoms with Gasteiger partial charge in [0.2, 0.25) is 0 Å². The molecule has 1 aromatic heterocycles. The Balaban J connectivity index is 1.92. The van der Waals surface area contributed by atoms with E-state index in [1.807, 2.05) is 31.2 Å². The molecule has 0 saturated heterocycles. The van der Waals surface area contributed by atoms with Gasteiger partial charge in [0.05, 0.1) is 0 Å². The van der Waals surface area contributed by atoms with E-state index < -0.39 is 6.10 Å². The number of hydrogen-bond acceptors (Lipinski definition) is 3. The normalized spacial score (nSPS) is 12.4. The van der Waals surface area contributed by atoms with Crippen molar-refractivity contribution >= 4 is 11.6 Å². The molecule has 0 saturated carbocycles. The maximum absolute atomic E-state index is 9.77. The van der Waals surface area contributed by atoms with Gasteiger partial charge in [0.25, 0.3) is 0 Å². The molecule has 4 heteroatoms. The maximum Gasteiger partial charge on any atom is 0.193 e. The Morgan fingerprint density at radius 3 is 2.53 bits per heavy atom. The van der Waals surface area contributed by atoms with Gasteiger partial charge in [0.1, 0.15) is 24.2 Å². The molecular formula is C13H13ClO3. The van der Waals surface area contributed by atoms with E-state index in [1.165, 1.54) is 0 Å². The van der Waals surface area contributed by atoms with Crippen molar-refractivity contribution in [1.29, 1.82) is 0 Å². The van der Waals surface area contributed by atoms with Crippen molar-refractivity contribution < 1.29 is 14.3 Å². The van der Waals surface area contributed by atoms with Crippen LogP contribution in [0.1, 0.15) is 17.4 Å². The van der Waals surface area contributed by atoms with Gasteiger partial charge in [-0.05, 0) is 42.8 Å². The smallest absolute Gasteiger partial charge is 0.193 e. The lowest BCUT2D eigenvalue weighted by molar-refractivity contribution is 0.0889. The predicted molar refractivity (Wildman–Crippen MR) is 65.4 cm³/mol. The Kier molecular flexibility index (Phi) is 3.71. The Labute approximate surface area is 105 Å². The van der Waals surface area contributed by atoms with E-state index in [2.05, 4.69) is 0 Å². The molecule has 0 aliphatic heterocycles. The van der Waals surface area contributed by atoms with Crippen LogP contribution in [0.2, 0.25) is 5.22 Å². The quantitative estimate of drug-likeness (QED) is 0.907. The molecule has 0 spiro atoms. The monoisotopic (exact) mass is 252 g/mol.